The third-order valence-electron chi connectivity index (χ3n) is 4.34. The van der Waals surface area contributed by atoms with Gasteiger partial charge >= 0.3 is 17.9 Å². The summed E-state index contributed by atoms with van der Waals surface area (Å²) in [6.07, 6.45) is -3.55. The first-order chi connectivity index (χ1) is 16.1. The standard InChI is InChI=1S/C18H28N6O11/c19-7(5-14(29)30)15(31)22-9(2-4-13(27)28)16(32)23-8(1-3-11(20)25)17(33)24-10(18(34)35)6-12(21)26/h7-10H,1-6,19H2,(H2,20,25)(H2,21,26)(H,22,31)(H,23,32)(H,24,33)(H,27,28)(H,29,30)(H,34,35). The van der Waals surface area contributed by atoms with Crippen LogP contribution in [0.5, 0.6) is 0 Å². The van der Waals surface area contributed by atoms with E-state index in [1.165, 1.54) is 0 Å². The van der Waals surface area contributed by atoms with Crippen molar-refractivity contribution in [2.45, 2.75) is 62.7 Å². The predicted octanol–water partition coefficient (Wildman–Crippen LogP) is -4.67. The number of carbonyl (C=O) groups excluding carboxylic acids is 5. The molecule has 0 bridgehead atoms. The number of rotatable bonds is 17. The van der Waals surface area contributed by atoms with Crippen LogP contribution in [-0.4, -0.2) is 86.9 Å². The van der Waals surface area contributed by atoms with Crippen LogP contribution < -0.4 is 33.2 Å². The molecule has 0 rings (SSSR count). The molecule has 0 saturated heterocycles. The molecular weight excluding hydrogens is 476 g/mol. The average Bonchev–Trinajstić information content (AvgIpc) is 2.71. The second-order valence-corrected chi connectivity index (χ2v) is 7.33. The first-order valence-corrected chi connectivity index (χ1v) is 10.0. The van der Waals surface area contributed by atoms with E-state index in [2.05, 4.69) is 10.6 Å². The lowest BCUT2D eigenvalue weighted by atomic mass is 10.1. The smallest absolute Gasteiger partial charge is 0.326 e. The first-order valence-electron chi connectivity index (χ1n) is 10.0. The van der Waals surface area contributed by atoms with Crippen LogP contribution in [0.25, 0.3) is 0 Å². The van der Waals surface area contributed by atoms with Crippen LogP contribution in [-0.2, 0) is 38.4 Å². The Morgan fingerprint density at radius 1 is 0.600 bits per heavy atom. The van der Waals surface area contributed by atoms with Crippen molar-refractivity contribution in [1.29, 1.82) is 0 Å². The van der Waals surface area contributed by atoms with Gasteiger partial charge < -0.3 is 48.5 Å². The van der Waals surface area contributed by atoms with Crippen LogP contribution in [0.2, 0.25) is 0 Å². The van der Waals surface area contributed by atoms with Gasteiger partial charge in [0.1, 0.15) is 18.1 Å². The summed E-state index contributed by atoms with van der Waals surface area (Å²) < 4.78 is 0. The van der Waals surface area contributed by atoms with E-state index in [-0.39, 0.29) is 0 Å². The molecule has 0 aromatic carbocycles. The van der Waals surface area contributed by atoms with E-state index < -0.39 is 110 Å². The van der Waals surface area contributed by atoms with Gasteiger partial charge in [-0.3, -0.25) is 33.6 Å². The summed E-state index contributed by atoms with van der Waals surface area (Å²) in [4.78, 5) is 92.5. The molecule has 0 aliphatic carbocycles. The molecule has 0 aromatic heterocycles. The van der Waals surface area contributed by atoms with Crippen LogP contribution in [0.4, 0.5) is 0 Å². The maximum atomic E-state index is 12.7. The highest BCUT2D eigenvalue weighted by atomic mass is 16.4. The van der Waals surface area contributed by atoms with E-state index in [1.807, 2.05) is 5.32 Å². The SMILES string of the molecule is NC(=O)CCC(NC(=O)C(CCC(=O)O)NC(=O)C(N)CC(=O)O)C(=O)NC(CC(N)=O)C(=O)O. The van der Waals surface area contributed by atoms with Crippen molar-refractivity contribution < 1.29 is 53.7 Å². The Kier molecular flexibility index (Phi) is 13.0. The lowest BCUT2D eigenvalue weighted by Crippen LogP contribution is -2.57. The highest BCUT2D eigenvalue weighted by Gasteiger charge is 2.31. The largest absolute Gasteiger partial charge is 0.481 e. The molecule has 4 atom stereocenters. The van der Waals surface area contributed by atoms with Gasteiger partial charge in [0, 0.05) is 12.8 Å². The molecule has 35 heavy (non-hydrogen) atoms. The number of hydrogen-bond donors (Lipinski definition) is 9. The summed E-state index contributed by atoms with van der Waals surface area (Å²) in [5.41, 5.74) is 15.4. The molecule has 0 heterocycles. The van der Waals surface area contributed by atoms with E-state index in [9.17, 15) is 38.4 Å². The summed E-state index contributed by atoms with van der Waals surface area (Å²) in [6.45, 7) is 0. The van der Waals surface area contributed by atoms with Gasteiger partial charge in [0.15, 0.2) is 0 Å². The van der Waals surface area contributed by atoms with Crippen molar-refractivity contribution in [2.24, 2.45) is 17.2 Å². The van der Waals surface area contributed by atoms with Crippen molar-refractivity contribution in [3.8, 4) is 0 Å². The lowest BCUT2D eigenvalue weighted by molar-refractivity contribution is -0.144. The Labute approximate surface area is 197 Å². The monoisotopic (exact) mass is 504 g/mol. The highest BCUT2D eigenvalue weighted by molar-refractivity contribution is 5.95. The zero-order valence-electron chi connectivity index (χ0n) is 18.4. The maximum Gasteiger partial charge on any atom is 0.326 e. The number of carbonyl (C=O) groups is 8. The van der Waals surface area contributed by atoms with Gasteiger partial charge in [-0.15, -0.1) is 0 Å². The summed E-state index contributed by atoms with van der Waals surface area (Å²) in [5.74, 6) is -9.65. The third kappa shape index (κ3) is 13.1. The van der Waals surface area contributed by atoms with Crippen molar-refractivity contribution in [3.63, 3.8) is 0 Å². The van der Waals surface area contributed by atoms with E-state index in [0.717, 1.165) is 0 Å². The molecular formula is C18H28N6O11. The summed E-state index contributed by atoms with van der Waals surface area (Å²) in [7, 11) is 0. The van der Waals surface area contributed by atoms with Gasteiger partial charge in [-0.25, -0.2) is 4.79 Å². The highest BCUT2D eigenvalue weighted by Crippen LogP contribution is 2.05. The lowest BCUT2D eigenvalue weighted by Gasteiger charge is -2.24. The van der Waals surface area contributed by atoms with Gasteiger partial charge in [0.25, 0.3) is 0 Å². The van der Waals surface area contributed by atoms with Gasteiger partial charge in [0.05, 0.1) is 18.9 Å². The zero-order chi connectivity index (χ0) is 27.3. The summed E-state index contributed by atoms with van der Waals surface area (Å²) in [6, 6.07) is -6.53. The van der Waals surface area contributed by atoms with Crippen LogP contribution in [0.3, 0.4) is 0 Å². The van der Waals surface area contributed by atoms with Crippen molar-refractivity contribution >= 4 is 47.4 Å². The number of amides is 5. The summed E-state index contributed by atoms with van der Waals surface area (Å²) in [5, 5.41) is 33.0. The van der Waals surface area contributed by atoms with Gasteiger partial charge in [-0.1, -0.05) is 0 Å². The molecule has 17 heteroatoms. The minimum Gasteiger partial charge on any atom is -0.481 e. The zero-order valence-corrected chi connectivity index (χ0v) is 18.4. The Morgan fingerprint density at radius 3 is 1.46 bits per heavy atom. The molecule has 0 aliphatic heterocycles. The van der Waals surface area contributed by atoms with Gasteiger partial charge in [-0.05, 0) is 12.8 Å². The Hall–Kier alpha value is -4.28. The number of nitrogens with one attached hydrogen (secondary N) is 3. The number of nitrogens with two attached hydrogens (primary N) is 3. The van der Waals surface area contributed by atoms with Crippen LogP contribution in [0, 0.1) is 0 Å². The molecule has 4 unspecified atom stereocenters. The fourth-order valence-electron chi connectivity index (χ4n) is 2.60. The number of hydrogen-bond acceptors (Lipinski definition) is 9. The predicted molar refractivity (Wildman–Crippen MR) is 113 cm³/mol. The van der Waals surface area contributed by atoms with Crippen LogP contribution in [0.15, 0.2) is 0 Å². The Balaban J connectivity index is 5.67. The molecule has 0 saturated carbocycles. The van der Waals surface area contributed by atoms with E-state index in [1.54, 1.807) is 0 Å². The van der Waals surface area contributed by atoms with Crippen LogP contribution >= 0.6 is 0 Å². The number of primary amides is 2. The number of carboxylic acid groups (broad SMARTS) is 3. The normalized spacial score (nSPS) is 13.9. The third-order valence-corrected chi connectivity index (χ3v) is 4.34. The summed E-state index contributed by atoms with van der Waals surface area (Å²) >= 11 is 0. The van der Waals surface area contributed by atoms with Crippen molar-refractivity contribution in [3.05, 3.63) is 0 Å². The maximum absolute atomic E-state index is 12.7. The second-order valence-electron chi connectivity index (χ2n) is 7.33. The number of carboxylic acids is 3. The van der Waals surface area contributed by atoms with Crippen molar-refractivity contribution in [2.75, 3.05) is 0 Å². The van der Waals surface area contributed by atoms with Gasteiger partial charge in [-0.2, -0.15) is 0 Å². The second kappa shape index (κ2) is 14.8. The van der Waals surface area contributed by atoms with E-state index in [0.29, 0.717) is 0 Å². The first kappa shape index (κ1) is 30.7. The van der Waals surface area contributed by atoms with E-state index in [4.69, 9.17) is 32.5 Å². The fraction of sp³-hybridized carbons (Fsp3) is 0.556. The fourth-order valence-corrected chi connectivity index (χ4v) is 2.60. The molecule has 0 aromatic rings. The molecule has 0 fully saturated rings. The van der Waals surface area contributed by atoms with Gasteiger partial charge in [0.2, 0.25) is 29.5 Å². The number of aliphatic carboxylic acids is 3. The Bertz CT molecular complexity index is 862. The van der Waals surface area contributed by atoms with E-state index >= 15 is 0 Å². The molecule has 5 amide bonds. The molecule has 0 radical (unpaired) electrons. The molecule has 12 N–H and O–H groups in total. The molecule has 196 valence electrons. The quantitative estimate of drug-likeness (QED) is 0.0902. The molecule has 0 spiro atoms. The Morgan fingerprint density at radius 2 is 1.06 bits per heavy atom. The average molecular weight is 504 g/mol. The van der Waals surface area contributed by atoms with Crippen LogP contribution in [0.1, 0.15) is 38.5 Å². The minimum atomic E-state index is -1.76. The minimum absolute atomic E-state index is 0.423. The van der Waals surface area contributed by atoms with Crippen molar-refractivity contribution in [1.82, 2.24) is 16.0 Å². The topological polar surface area (TPSA) is 311 Å². The molecule has 0 aliphatic rings. The molecule has 17 nitrogen and oxygen atoms in total.